The number of hydrogen-bond acceptors (Lipinski definition) is 4. The first kappa shape index (κ1) is 18.8. The van der Waals surface area contributed by atoms with E-state index in [0.29, 0.717) is 11.6 Å². The Balaban J connectivity index is 1.51. The molecule has 0 aliphatic heterocycles. The number of carbonyl (C=O) groups is 2. The van der Waals surface area contributed by atoms with Crippen LogP contribution in [0.25, 0.3) is 0 Å². The van der Waals surface area contributed by atoms with Crippen LogP contribution in [0.1, 0.15) is 28.8 Å². The third-order valence-corrected chi connectivity index (χ3v) is 5.65. The second-order valence-corrected chi connectivity index (χ2v) is 7.63. The summed E-state index contributed by atoms with van der Waals surface area (Å²) in [5.41, 5.74) is 1.53. The molecule has 0 radical (unpaired) electrons. The van der Waals surface area contributed by atoms with Crippen molar-refractivity contribution in [1.29, 1.82) is 0 Å². The highest BCUT2D eigenvalue weighted by Crippen LogP contribution is 2.47. The molecule has 2 aromatic carbocycles. The number of rotatable bonds is 7. The molecule has 0 bridgehead atoms. The van der Waals surface area contributed by atoms with E-state index in [-0.39, 0.29) is 23.5 Å². The molecule has 1 aliphatic rings. The summed E-state index contributed by atoms with van der Waals surface area (Å²) in [6.45, 7) is 0.236. The minimum Gasteiger partial charge on any atom is -0.452 e. The highest BCUT2D eigenvalue weighted by atomic mass is 35.5. The lowest BCUT2D eigenvalue weighted by atomic mass is 9.96. The van der Waals surface area contributed by atoms with Gasteiger partial charge < -0.3 is 10.1 Å². The molecule has 1 saturated carbocycles. The average molecular weight is 390 g/mol. The van der Waals surface area contributed by atoms with Crippen molar-refractivity contribution >= 4 is 35.2 Å². The molecule has 26 heavy (non-hydrogen) atoms. The lowest BCUT2D eigenvalue weighted by Crippen LogP contribution is -2.35. The fourth-order valence-electron chi connectivity index (χ4n) is 2.83. The zero-order chi connectivity index (χ0) is 18.6. The molecule has 0 heterocycles. The molecule has 0 aromatic heterocycles. The zero-order valence-electron chi connectivity index (χ0n) is 14.5. The van der Waals surface area contributed by atoms with Crippen LogP contribution in [-0.2, 0) is 14.9 Å². The number of thioether (sulfide) groups is 1. The molecule has 6 heteroatoms. The maximum absolute atomic E-state index is 12.2. The fourth-order valence-corrected chi connectivity index (χ4v) is 3.46. The van der Waals surface area contributed by atoms with E-state index in [1.54, 1.807) is 12.1 Å². The Labute approximate surface area is 162 Å². The summed E-state index contributed by atoms with van der Waals surface area (Å²) >= 11 is 7.55. The highest BCUT2D eigenvalue weighted by Gasteiger charge is 2.44. The van der Waals surface area contributed by atoms with E-state index in [1.165, 1.54) is 17.3 Å². The summed E-state index contributed by atoms with van der Waals surface area (Å²) in [5.74, 6) is -0.900. The number of esters is 1. The normalized spacial score (nSPS) is 14.5. The summed E-state index contributed by atoms with van der Waals surface area (Å²) in [5, 5.41) is 3.19. The van der Waals surface area contributed by atoms with Gasteiger partial charge in [-0.1, -0.05) is 41.9 Å². The molecule has 1 N–H and O–H groups in total. The number of amides is 1. The predicted molar refractivity (Wildman–Crippen MR) is 104 cm³/mol. The van der Waals surface area contributed by atoms with E-state index >= 15 is 0 Å². The Kier molecular flexibility index (Phi) is 5.89. The first-order valence-electron chi connectivity index (χ1n) is 8.37. The summed E-state index contributed by atoms with van der Waals surface area (Å²) in [6, 6.07) is 15.3. The van der Waals surface area contributed by atoms with Crippen LogP contribution in [-0.4, -0.2) is 31.3 Å². The molecule has 0 unspecified atom stereocenters. The quantitative estimate of drug-likeness (QED) is 0.573. The SMILES string of the molecule is CSc1ccc(Cl)c(C(=O)OCC(=O)NCC2(c3ccccc3)CC2)c1. The first-order chi connectivity index (χ1) is 12.5. The van der Waals surface area contributed by atoms with Gasteiger partial charge in [0.25, 0.3) is 5.91 Å². The van der Waals surface area contributed by atoms with Gasteiger partial charge in [-0.05, 0) is 42.9 Å². The maximum atomic E-state index is 12.2. The van der Waals surface area contributed by atoms with Gasteiger partial charge in [-0.15, -0.1) is 11.8 Å². The van der Waals surface area contributed by atoms with Crippen LogP contribution >= 0.6 is 23.4 Å². The Bertz CT molecular complexity index is 806. The molecule has 0 saturated heterocycles. The van der Waals surface area contributed by atoms with Gasteiger partial charge in [0.2, 0.25) is 0 Å². The van der Waals surface area contributed by atoms with E-state index in [0.717, 1.165) is 17.7 Å². The van der Waals surface area contributed by atoms with Gasteiger partial charge in [0.15, 0.2) is 6.61 Å². The summed E-state index contributed by atoms with van der Waals surface area (Å²) in [6.07, 6.45) is 4.01. The van der Waals surface area contributed by atoms with Crippen molar-refractivity contribution < 1.29 is 14.3 Å². The van der Waals surface area contributed by atoms with Gasteiger partial charge in [0.05, 0.1) is 10.6 Å². The standard InChI is InChI=1S/C20H20ClNO3S/c1-26-15-7-8-17(21)16(11-15)19(24)25-12-18(23)22-13-20(9-10-20)14-5-3-2-4-6-14/h2-8,11H,9-10,12-13H2,1H3,(H,22,23). The second kappa shape index (κ2) is 8.14. The smallest absolute Gasteiger partial charge is 0.340 e. The van der Waals surface area contributed by atoms with Crippen molar-refractivity contribution in [2.24, 2.45) is 0 Å². The number of benzene rings is 2. The molecule has 1 amide bonds. The van der Waals surface area contributed by atoms with Gasteiger partial charge in [0.1, 0.15) is 0 Å². The highest BCUT2D eigenvalue weighted by molar-refractivity contribution is 7.98. The van der Waals surface area contributed by atoms with Crippen LogP contribution in [0.3, 0.4) is 0 Å². The molecular formula is C20H20ClNO3S. The number of hydrogen-bond donors (Lipinski definition) is 1. The zero-order valence-corrected chi connectivity index (χ0v) is 16.0. The van der Waals surface area contributed by atoms with Crippen molar-refractivity contribution in [2.75, 3.05) is 19.4 Å². The minimum absolute atomic E-state index is 0.0247. The molecule has 4 nitrogen and oxygen atoms in total. The Morgan fingerprint density at radius 2 is 1.92 bits per heavy atom. The van der Waals surface area contributed by atoms with Gasteiger partial charge in [0, 0.05) is 16.9 Å². The fraction of sp³-hybridized carbons (Fsp3) is 0.300. The molecule has 2 aromatic rings. The van der Waals surface area contributed by atoms with Crippen molar-refractivity contribution in [2.45, 2.75) is 23.2 Å². The minimum atomic E-state index is -0.592. The average Bonchev–Trinajstić information content (AvgIpc) is 3.47. The molecular weight excluding hydrogens is 370 g/mol. The largest absolute Gasteiger partial charge is 0.452 e. The maximum Gasteiger partial charge on any atom is 0.340 e. The molecule has 0 spiro atoms. The monoisotopic (exact) mass is 389 g/mol. The van der Waals surface area contributed by atoms with Crippen molar-refractivity contribution in [3.63, 3.8) is 0 Å². The summed E-state index contributed by atoms with van der Waals surface area (Å²) in [4.78, 5) is 25.2. The van der Waals surface area contributed by atoms with Crippen LogP contribution in [0, 0.1) is 0 Å². The third-order valence-electron chi connectivity index (χ3n) is 4.59. The van der Waals surface area contributed by atoms with Gasteiger partial charge in [-0.3, -0.25) is 4.79 Å². The third kappa shape index (κ3) is 4.40. The van der Waals surface area contributed by atoms with E-state index < -0.39 is 5.97 Å². The number of carbonyl (C=O) groups excluding carboxylic acids is 2. The molecule has 136 valence electrons. The lowest BCUT2D eigenvalue weighted by Gasteiger charge is -2.16. The van der Waals surface area contributed by atoms with E-state index in [1.807, 2.05) is 30.5 Å². The number of nitrogens with one attached hydrogen (secondary N) is 1. The van der Waals surface area contributed by atoms with Crippen molar-refractivity contribution in [3.05, 3.63) is 64.7 Å². The van der Waals surface area contributed by atoms with Gasteiger partial charge in [-0.25, -0.2) is 4.79 Å². The molecule has 3 rings (SSSR count). The Morgan fingerprint density at radius 3 is 2.58 bits per heavy atom. The Hall–Kier alpha value is -1.98. The topological polar surface area (TPSA) is 55.4 Å². The first-order valence-corrected chi connectivity index (χ1v) is 9.97. The molecule has 0 atom stereocenters. The second-order valence-electron chi connectivity index (χ2n) is 6.34. The summed E-state index contributed by atoms with van der Waals surface area (Å²) in [7, 11) is 0. The van der Waals surface area contributed by atoms with Gasteiger partial charge >= 0.3 is 5.97 Å². The van der Waals surface area contributed by atoms with Crippen molar-refractivity contribution in [3.8, 4) is 0 Å². The lowest BCUT2D eigenvalue weighted by molar-refractivity contribution is -0.124. The van der Waals surface area contributed by atoms with Crippen LogP contribution in [0.2, 0.25) is 5.02 Å². The van der Waals surface area contributed by atoms with Crippen molar-refractivity contribution in [1.82, 2.24) is 5.32 Å². The van der Waals surface area contributed by atoms with Crippen LogP contribution in [0.4, 0.5) is 0 Å². The van der Waals surface area contributed by atoms with E-state index in [2.05, 4.69) is 17.4 Å². The predicted octanol–water partition coefficient (Wildman–Crippen LogP) is 4.07. The van der Waals surface area contributed by atoms with Crippen LogP contribution in [0.15, 0.2) is 53.4 Å². The number of halogens is 1. The van der Waals surface area contributed by atoms with E-state index in [9.17, 15) is 9.59 Å². The molecule has 1 aliphatic carbocycles. The summed E-state index contributed by atoms with van der Waals surface area (Å²) < 4.78 is 5.12. The van der Waals surface area contributed by atoms with Crippen LogP contribution < -0.4 is 5.32 Å². The van der Waals surface area contributed by atoms with E-state index in [4.69, 9.17) is 16.3 Å². The Morgan fingerprint density at radius 1 is 1.19 bits per heavy atom. The van der Waals surface area contributed by atoms with Crippen LogP contribution in [0.5, 0.6) is 0 Å². The molecule has 1 fully saturated rings. The number of ether oxygens (including phenoxy) is 1. The van der Waals surface area contributed by atoms with Gasteiger partial charge in [-0.2, -0.15) is 0 Å².